The van der Waals surface area contributed by atoms with Crippen molar-refractivity contribution in [2.24, 2.45) is 0 Å². The molecular weight excluding hydrogens is 414 g/mol. The van der Waals surface area contributed by atoms with Gasteiger partial charge in [0.2, 0.25) is 0 Å². The normalized spacial score (nSPS) is 10.9. The molecule has 3 aromatic rings. The van der Waals surface area contributed by atoms with Crippen molar-refractivity contribution in [1.82, 2.24) is 9.78 Å². The monoisotopic (exact) mass is 427 g/mol. The van der Waals surface area contributed by atoms with Crippen LogP contribution in [0.15, 0.2) is 30.5 Å². The van der Waals surface area contributed by atoms with Gasteiger partial charge in [-0.1, -0.05) is 11.6 Å². The Kier molecular flexibility index (Phi) is 5.78. The second-order valence-electron chi connectivity index (χ2n) is 6.18. The molecular formula is C19H14ClF4N3O2. The Labute approximate surface area is 167 Å². The van der Waals surface area contributed by atoms with Crippen molar-refractivity contribution in [2.75, 3.05) is 5.32 Å². The van der Waals surface area contributed by atoms with Crippen molar-refractivity contribution in [3.63, 3.8) is 0 Å². The zero-order valence-electron chi connectivity index (χ0n) is 15.2. The lowest BCUT2D eigenvalue weighted by atomic mass is 10.1. The maximum atomic E-state index is 13.7. The highest BCUT2D eigenvalue weighted by molar-refractivity contribution is 6.32. The molecule has 0 unspecified atom stereocenters. The molecule has 0 atom stereocenters. The standard InChI is InChI=1S/C19H14ClF4N3O2/c1-9-5-11(6-10(2)15(9)20)29-8-27-4-3-14(26-27)19(28)25-18-16(23)12(21)7-13(22)17(18)24/h3-7H,8H2,1-2H3,(H,25,28). The third-order valence-electron chi connectivity index (χ3n) is 4.00. The van der Waals surface area contributed by atoms with Gasteiger partial charge < -0.3 is 10.1 Å². The maximum absolute atomic E-state index is 13.7. The van der Waals surface area contributed by atoms with Gasteiger partial charge in [0.25, 0.3) is 5.91 Å². The molecule has 0 fully saturated rings. The predicted octanol–water partition coefficient (Wildman–Crippen LogP) is 5.00. The molecule has 2 aromatic carbocycles. The van der Waals surface area contributed by atoms with Crippen molar-refractivity contribution in [3.8, 4) is 5.75 Å². The average Bonchev–Trinajstić information content (AvgIpc) is 3.15. The fourth-order valence-corrected chi connectivity index (χ4v) is 2.65. The molecule has 29 heavy (non-hydrogen) atoms. The summed E-state index contributed by atoms with van der Waals surface area (Å²) in [4.78, 5) is 12.1. The highest BCUT2D eigenvalue weighted by atomic mass is 35.5. The third kappa shape index (κ3) is 4.34. The maximum Gasteiger partial charge on any atom is 0.276 e. The molecule has 0 bridgehead atoms. The summed E-state index contributed by atoms with van der Waals surface area (Å²) in [5.41, 5.74) is 0.188. The number of halogens is 5. The van der Waals surface area contributed by atoms with Gasteiger partial charge in [0.1, 0.15) is 11.4 Å². The summed E-state index contributed by atoms with van der Waals surface area (Å²) >= 11 is 6.10. The summed E-state index contributed by atoms with van der Waals surface area (Å²) in [5, 5.41) is 6.32. The summed E-state index contributed by atoms with van der Waals surface area (Å²) in [6, 6.07) is 4.77. The first-order chi connectivity index (χ1) is 13.7. The molecule has 0 aliphatic heterocycles. The minimum atomic E-state index is -1.71. The number of anilines is 1. The molecule has 1 heterocycles. The molecule has 1 N–H and O–H groups in total. The number of benzene rings is 2. The first-order valence-corrected chi connectivity index (χ1v) is 8.62. The van der Waals surface area contributed by atoms with Crippen LogP contribution in [0.5, 0.6) is 5.75 Å². The van der Waals surface area contributed by atoms with Crippen LogP contribution < -0.4 is 10.1 Å². The number of carbonyl (C=O) groups is 1. The molecule has 1 amide bonds. The topological polar surface area (TPSA) is 56.1 Å². The predicted molar refractivity (Wildman–Crippen MR) is 98.0 cm³/mol. The molecule has 152 valence electrons. The van der Waals surface area contributed by atoms with E-state index in [1.54, 1.807) is 17.4 Å². The smallest absolute Gasteiger partial charge is 0.276 e. The lowest BCUT2D eigenvalue weighted by Gasteiger charge is -2.10. The summed E-state index contributed by atoms with van der Waals surface area (Å²) < 4.78 is 60.7. The van der Waals surface area contributed by atoms with Gasteiger partial charge in [0.15, 0.2) is 35.7 Å². The Bertz CT molecular complexity index is 1050. The van der Waals surface area contributed by atoms with E-state index in [4.69, 9.17) is 16.3 Å². The quantitative estimate of drug-likeness (QED) is 0.460. The lowest BCUT2D eigenvalue weighted by Crippen LogP contribution is -2.17. The van der Waals surface area contributed by atoms with E-state index in [9.17, 15) is 22.4 Å². The molecule has 10 heteroatoms. The van der Waals surface area contributed by atoms with Crippen LogP contribution in [0, 0.1) is 37.1 Å². The number of aryl methyl sites for hydroxylation is 2. The molecule has 3 rings (SSSR count). The van der Waals surface area contributed by atoms with Crippen molar-refractivity contribution in [1.29, 1.82) is 0 Å². The fourth-order valence-electron chi connectivity index (χ4n) is 2.55. The Morgan fingerprint density at radius 2 is 1.69 bits per heavy atom. The molecule has 0 saturated carbocycles. The van der Waals surface area contributed by atoms with Gasteiger partial charge in [-0.15, -0.1) is 0 Å². The van der Waals surface area contributed by atoms with E-state index in [0.717, 1.165) is 11.1 Å². The largest absolute Gasteiger partial charge is 0.471 e. The van der Waals surface area contributed by atoms with Gasteiger partial charge >= 0.3 is 0 Å². The lowest BCUT2D eigenvalue weighted by molar-refractivity contribution is 0.101. The van der Waals surface area contributed by atoms with Crippen LogP contribution in [-0.4, -0.2) is 15.7 Å². The second-order valence-corrected chi connectivity index (χ2v) is 6.56. The Hall–Kier alpha value is -3.07. The van der Waals surface area contributed by atoms with Gasteiger partial charge in [0, 0.05) is 17.3 Å². The Morgan fingerprint density at radius 1 is 1.10 bits per heavy atom. The van der Waals surface area contributed by atoms with Crippen molar-refractivity contribution in [2.45, 2.75) is 20.6 Å². The number of rotatable bonds is 5. The van der Waals surface area contributed by atoms with Gasteiger partial charge in [-0.25, -0.2) is 22.2 Å². The third-order valence-corrected chi connectivity index (χ3v) is 4.59. The highest BCUT2D eigenvalue weighted by Crippen LogP contribution is 2.26. The van der Waals surface area contributed by atoms with E-state index in [-0.39, 0.29) is 18.5 Å². The number of ether oxygens (including phenoxy) is 1. The number of carbonyl (C=O) groups excluding carboxylic acids is 1. The van der Waals surface area contributed by atoms with Crippen LogP contribution in [0.4, 0.5) is 23.2 Å². The molecule has 0 aliphatic carbocycles. The first kappa shape index (κ1) is 20.7. The van der Waals surface area contributed by atoms with Gasteiger partial charge in [-0.2, -0.15) is 5.10 Å². The Morgan fingerprint density at radius 3 is 2.28 bits per heavy atom. The van der Waals surface area contributed by atoms with E-state index in [0.29, 0.717) is 10.8 Å². The van der Waals surface area contributed by atoms with E-state index in [2.05, 4.69) is 5.10 Å². The van der Waals surface area contributed by atoms with Crippen LogP contribution in [0.1, 0.15) is 21.6 Å². The van der Waals surface area contributed by atoms with Gasteiger partial charge in [-0.3, -0.25) is 4.79 Å². The van der Waals surface area contributed by atoms with Crippen LogP contribution in [0.25, 0.3) is 0 Å². The van der Waals surface area contributed by atoms with Crippen LogP contribution >= 0.6 is 11.6 Å². The minimum absolute atomic E-state index is 0.0482. The van der Waals surface area contributed by atoms with Crippen LogP contribution in [0.3, 0.4) is 0 Å². The van der Waals surface area contributed by atoms with Gasteiger partial charge in [-0.05, 0) is 43.2 Å². The fraction of sp³-hybridized carbons (Fsp3) is 0.158. The SMILES string of the molecule is Cc1cc(OCn2ccc(C(=O)Nc3c(F)c(F)cc(F)c3F)n2)cc(C)c1Cl. The van der Waals surface area contributed by atoms with Crippen molar-refractivity contribution >= 4 is 23.2 Å². The summed E-state index contributed by atoms with van der Waals surface area (Å²) in [7, 11) is 0. The summed E-state index contributed by atoms with van der Waals surface area (Å²) in [6.45, 7) is 3.59. The van der Waals surface area contributed by atoms with E-state index in [1.807, 2.05) is 13.8 Å². The number of amides is 1. The molecule has 0 radical (unpaired) electrons. The minimum Gasteiger partial charge on any atom is -0.471 e. The van der Waals surface area contributed by atoms with Crippen LogP contribution in [0.2, 0.25) is 5.02 Å². The Balaban J connectivity index is 1.71. The molecule has 5 nitrogen and oxygen atoms in total. The van der Waals surface area contributed by atoms with Gasteiger partial charge in [0.05, 0.1) is 0 Å². The number of hydrogen-bond donors (Lipinski definition) is 1. The molecule has 0 aliphatic rings. The molecule has 0 spiro atoms. The zero-order valence-corrected chi connectivity index (χ0v) is 16.0. The number of aromatic nitrogens is 2. The summed E-state index contributed by atoms with van der Waals surface area (Å²) in [5.74, 6) is -7.21. The van der Waals surface area contributed by atoms with Crippen molar-refractivity contribution < 1.29 is 27.1 Å². The molecule has 1 aromatic heterocycles. The first-order valence-electron chi connectivity index (χ1n) is 8.24. The average molecular weight is 428 g/mol. The van der Waals surface area contributed by atoms with E-state index < -0.39 is 34.9 Å². The number of nitrogens with one attached hydrogen (secondary N) is 1. The van der Waals surface area contributed by atoms with E-state index >= 15 is 0 Å². The summed E-state index contributed by atoms with van der Waals surface area (Å²) in [6.07, 6.45) is 1.39. The van der Waals surface area contributed by atoms with Crippen LogP contribution in [-0.2, 0) is 6.73 Å². The second kappa shape index (κ2) is 8.12. The molecule has 0 saturated heterocycles. The zero-order chi connectivity index (χ0) is 21.3. The number of hydrogen-bond acceptors (Lipinski definition) is 3. The highest BCUT2D eigenvalue weighted by Gasteiger charge is 2.22. The van der Waals surface area contributed by atoms with Crippen molar-refractivity contribution in [3.05, 3.63) is 75.6 Å². The number of nitrogens with zero attached hydrogens (tertiary/aromatic N) is 2. The van der Waals surface area contributed by atoms with E-state index in [1.165, 1.54) is 16.9 Å².